The van der Waals surface area contributed by atoms with E-state index in [1.54, 1.807) is 0 Å². The average Bonchev–Trinajstić information content (AvgIpc) is 1.49. The Bertz CT molecular complexity index is 151. The molecule has 0 rings (SSSR count). The maximum atomic E-state index is 11.8. The van der Waals surface area contributed by atoms with Crippen LogP contribution in [0, 0.1) is 0 Å². The van der Waals surface area contributed by atoms with Crippen LogP contribution < -0.4 is 0 Å². The van der Waals surface area contributed by atoms with Crippen molar-refractivity contribution in [2.45, 2.75) is 26.1 Å². The van der Waals surface area contributed by atoms with Gasteiger partial charge in [-0.25, -0.2) is 4.79 Å². The van der Waals surface area contributed by atoms with Gasteiger partial charge in [-0.3, -0.25) is 0 Å². The van der Waals surface area contributed by atoms with E-state index in [0.29, 0.717) is 0 Å². The molecular formula is C5H6F4O3. The number of ether oxygens (including phenoxy) is 2. The Morgan fingerprint density at radius 3 is 1.42 bits per heavy atom. The molecule has 0 aliphatic carbocycles. The number of carbonyl (C=O) groups excluding carboxylic acids is 1. The van der Waals surface area contributed by atoms with Crippen molar-refractivity contribution in [3.05, 3.63) is 0 Å². The summed E-state index contributed by atoms with van der Waals surface area (Å²) in [6, 6.07) is 0. The van der Waals surface area contributed by atoms with Gasteiger partial charge in [-0.2, -0.15) is 17.6 Å². The predicted octanol–water partition coefficient (Wildman–Crippen LogP) is 2.37. The zero-order chi connectivity index (χ0) is 9.99. The fraction of sp³-hybridized carbons (Fsp3) is 0.800. The number of hydrogen-bond acceptors (Lipinski definition) is 3. The van der Waals surface area contributed by atoms with E-state index in [0.717, 1.165) is 0 Å². The Morgan fingerprint density at radius 1 is 1.00 bits per heavy atom. The van der Waals surface area contributed by atoms with E-state index in [1.165, 1.54) is 0 Å². The Hall–Kier alpha value is -1.01. The van der Waals surface area contributed by atoms with Gasteiger partial charge in [0.1, 0.15) is 0 Å². The van der Waals surface area contributed by atoms with E-state index in [1.807, 2.05) is 0 Å². The van der Waals surface area contributed by atoms with Crippen LogP contribution in [0.2, 0.25) is 0 Å². The average molecular weight is 190 g/mol. The highest BCUT2D eigenvalue weighted by atomic mass is 19.3. The molecule has 0 unspecified atom stereocenters. The highest BCUT2D eigenvalue weighted by Crippen LogP contribution is 2.19. The number of rotatable bonds is 2. The first-order valence-electron chi connectivity index (χ1n) is 2.78. The summed E-state index contributed by atoms with van der Waals surface area (Å²) < 4.78 is 53.4. The molecule has 0 aliphatic rings. The monoisotopic (exact) mass is 190 g/mol. The summed E-state index contributed by atoms with van der Waals surface area (Å²) in [5.41, 5.74) is 0. The van der Waals surface area contributed by atoms with Crippen LogP contribution in [0.15, 0.2) is 0 Å². The second kappa shape index (κ2) is 3.16. The van der Waals surface area contributed by atoms with Crippen LogP contribution in [0.3, 0.4) is 0 Å². The van der Waals surface area contributed by atoms with Crippen LogP contribution in [0.5, 0.6) is 0 Å². The highest BCUT2D eigenvalue weighted by molar-refractivity contribution is 5.60. The maximum Gasteiger partial charge on any atom is 0.517 e. The molecule has 0 N–H and O–H groups in total. The zero-order valence-corrected chi connectivity index (χ0v) is 6.24. The van der Waals surface area contributed by atoms with Crippen LogP contribution in [0.25, 0.3) is 0 Å². The van der Waals surface area contributed by atoms with Crippen molar-refractivity contribution in [3.63, 3.8) is 0 Å². The van der Waals surface area contributed by atoms with Crippen molar-refractivity contribution in [1.82, 2.24) is 0 Å². The Balaban J connectivity index is 3.92. The summed E-state index contributed by atoms with van der Waals surface area (Å²) in [4.78, 5) is 10.1. The highest BCUT2D eigenvalue weighted by Gasteiger charge is 2.33. The molecule has 0 aromatic rings. The molecule has 0 heterocycles. The number of hydrogen-bond donors (Lipinski definition) is 0. The molecule has 0 aliphatic heterocycles. The van der Waals surface area contributed by atoms with Crippen LogP contribution in [-0.2, 0) is 9.47 Å². The van der Waals surface area contributed by atoms with Crippen molar-refractivity contribution in [1.29, 1.82) is 0 Å². The number of carbonyl (C=O) groups is 1. The van der Waals surface area contributed by atoms with Crippen molar-refractivity contribution < 1.29 is 31.8 Å². The van der Waals surface area contributed by atoms with Gasteiger partial charge < -0.3 is 9.47 Å². The second-order valence-electron chi connectivity index (χ2n) is 2.07. The SMILES string of the molecule is CC(F)(F)OC(=O)OC(C)(F)F. The lowest BCUT2D eigenvalue weighted by Gasteiger charge is -2.14. The Kier molecular flexibility index (Phi) is 2.89. The van der Waals surface area contributed by atoms with Crippen molar-refractivity contribution in [2.24, 2.45) is 0 Å². The predicted molar refractivity (Wildman–Crippen MR) is 28.8 cm³/mol. The quantitative estimate of drug-likeness (QED) is 0.495. The normalized spacial score (nSPS) is 12.5. The molecule has 0 atom stereocenters. The third-order valence-corrected chi connectivity index (χ3v) is 0.525. The van der Waals surface area contributed by atoms with Crippen LogP contribution >= 0.6 is 0 Å². The molecule has 0 amide bonds. The fourth-order valence-corrected chi connectivity index (χ4v) is 0.313. The first kappa shape index (κ1) is 11.0. The van der Waals surface area contributed by atoms with Gasteiger partial charge in [0.05, 0.1) is 0 Å². The van der Waals surface area contributed by atoms with Gasteiger partial charge in [-0.1, -0.05) is 0 Å². The van der Waals surface area contributed by atoms with Crippen LogP contribution in [0.1, 0.15) is 13.8 Å². The minimum atomic E-state index is -3.82. The minimum absolute atomic E-state index is 0.224. The van der Waals surface area contributed by atoms with Crippen LogP contribution in [-0.4, -0.2) is 18.4 Å². The second-order valence-corrected chi connectivity index (χ2v) is 2.07. The molecule has 0 spiro atoms. The van der Waals surface area contributed by atoms with E-state index in [-0.39, 0.29) is 13.8 Å². The van der Waals surface area contributed by atoms with E-state index in [2.05, 4.69) is 9.47 Å². The molecule has 0 aromatic heterocycles. The van der Waals surface area contributed by atoms with Gasteiger partial charge in [-0.15, -0.1) is 0 Å². The molecule has 0 saturated carbocycles. The van der Waals surface area contributed by atoms with Crippen molar-refractivity contribution in [2.75, 3.05) is 0 Å². The summed E-state index contributed by atoms with van der Waals surface area (Å²) in [5, 5.41) is 0. The molecule has 0 fully saturated rings. The van der Waals surface area contributed by atoms with Crippen LogP contribution in [0.4, 0.5) is 22.4 Å². The smallest absolute Gasteiger partial charge is 0.368 e. The molecule has 0 bridgehead atoms. The lowest BCUT2D eigenvalue weighted by atomic mass is 10.7. The van der Waals surface area contributed by atoms with Gasteiger partial charge in [0.15, 0.2) is 0 Å². The van der Waals surface area contributed by atoms with Gasteiger partial charge in [0, 0.05) is 13.8 Å². The summed E-state index contributed by atoms with van der Waals surface area (Å²) >= 11 is 0. The summed E-state index contributed by atoms with van der Waals surface area (Å²) in [6.45, 7) is 0.449. The van der Waals surface area contributed by atoms with Gasteiger partial charge in [-0.05, 0) is 0 Å². The molecule has 7 heteroatoms. The molecule has 0 aromatic carbocycles. The zero-order valence-electron chi connectivity index (χ0n) is 6.24. The number of alkyl halides is 4. The molecule has 72 valence electrons. The molecule has 12 heavy (non-hydrogen) atoms. The van der Waals surface area contributed by atoms with E-state index >= 15 is 0 Å². The summed E-state index contributed by atoms with van der Waals surface area (Å²) in [5.74, 6) is 0. The Morgan fingerprint density at radius 2 is 1.25 bits per heavy atom. The maximum absolute atomic E-state index is 11.8. The lowest BCUT2D eigenvalue weighted by molar-refractivity contribution is -0.242. The topological polar surface area (TPSA) is 35.5 Å². The molecular weight excluding hydrogens is 184 g/mol. The largest absolute Gasteiger partial charge is 0.517 e. The fourth-order valence-electron chi connectivity index (χ4n) is 0.313. The molecule has 0 saturated heterocycles. The van der Waals surface area contributed by atoms with Crippen molar-refractivity contribution in [3.8, 4) is 0 Å². The molecule has 3 nitrogen and oxygen atoms in total. The third kappa shape index (κ3) is 7.10. The van der Waals surface area contributed by atoms with Gasteiger partial charge >= 0.3 is 18.4 Å². The first-order valence-corrected chi connectivity index (χ1v) is 2.78. The Labute approximate surface area is 65.2 Å². The van der Waals surface area contributed by atoms with E-state index < -0.39 is 18.4 Å². The summed E-state index contributed by atoms with van der Waals surface area (Å²) in [6.07, 6.45) is -9.75. The summed E-state index contributed by atoms with van der Waals surface area (Å²) in [7, 11) is 0. The minimum Gasteiger partial charge on any atom is -0.368 e. The van der Waals surface area contributed by atoms with Crippen molar-refractivity contribution >= 4 is 6.16 Å². The first-order chi connectivity index (χ1) is 5.10. The molecule has 0 radical (unpaired) electrons. The third-order valence-electron chi connectivity index (χ3n) is 0.525. The lowest BCUT2D eigenvalue weighted by Crippen LogP contribution is -2.27. The number of halogens is 4. The standard InChI is InChI=1S/C5H6F4O3/c1-4(6,7)11-3(10)12-5(2,8)9/h1-2H3. The van der Waals surface area contributed by atoms with Gasteiger partial charge in [0.25, 0.3) is 0 Å². The van der Waals surface area contributed by atoms with E-state index in [9.17, 15) is 22.4 Å². The van der Waals surface area contributed by atoms with E-state index in [4.69, 9.17) is 0 Å². The van der Waals surface area contributed by atoms with Gasteiger partial charge in [0.2, 0.25) is 0 Å².